The summed E-state index contributed by atoms with van der Waals surface area (Å²) in [5.74, 6) is 0. The SMILES string of the molecule is CCCn1ncc(Br)c1C(C)(O)CNC. The molecule has 1 atom stereocenters. The zero-order chi connectivity index (χ0) is 11.5. The van der Waals surface area contributed by atoms with Gasteiger partial charge in [0.15, 0.2) is 0 Å². The van der Waals surface area contributed by atoms with Crippen molar-refractivity contribution in [2.75, 3.05) is 13.6 Å². The van der Waals surface area contributed by atoms with Gasteiger partial charge in [-0.2, -0.15) is 5.10 Å². The number of hydrogen-bond donors (Lipinski definition) is 2. The molecule has 0 aromatic carbocycles. The first-order chi connectivity index (χ1) is 7.03. The van der Waals surface area contributed by atoms with Crippen LogP contribution in [-0.4, -0.2) is 28.5 Å². The maximum absolute atomic E-state index is 10.3. The topological polar surface area (TPSA) is 50.1 Å². The number of aryl methyl sites for hydroxylation is 1. The molecule has 0 saturated carbocycles. The monoisotopic (exact) mass is 275 g/mol. The number of hydrogen-bond acceptors (Lipinski definition) is 3. The standard InChI is InChI=1S/C10H18BrN3O/c1-4-5-14-9(8(11)6-13-14)10(2,15)7-12-3/h6,12,15H,4-5,7H2,1-3H3. The average Bonchev–Trinajstić information content (AvgIpc) is 2.48. The fourth-order valence-electron chi connectivity index (χ4n) is 1.71. The molecule has 1 aromatic rings. The highest BCUT2D eigenvalue weighted by molar-refractivity contribution is 9.10. The van der Waals surface area contributed by atoms with Gasteiger partial charge in [-0.3, -0.25) is 4.68 Å². The summed E-state index contributed by atoms with van der Waals surface area (Å²) in [5.41, 5.74) is -0.0714. The fraction of sp³-hybridized carbons (Fsp3) is 0.700. The van der Waals surface area contributed by atoms with Crippen molar-refractivity contribution >= 4 is 15.9 Å². The summed E-state index contributed by atoms with van der Waals surface area (Å²) in [5, 5.41) is 17.5. The first-order valence-corrected chi connectivity index (χ1v) is 5.91. The minimum Gasteiger partial charge on any atom is -0.382 e. The maximum atomic E-state index is 10.3. The Morgan fingerprint density at radius 1 is 1.67 bits per heavy atom. The van der Waals surface area contributed by atoms with E-state index in [2.05, 4.69) is 33.3 Å². The van der Waals surface area contributed by atoms with Crippen LogP contribution >= 0.6 is 15.9 Å². The molecule has 0 bridgehead atoms. The first-order valence-electron chi connectivity index (χ1n) is 5.11. The molecule has 5 heteroatoms. The second-order valence-electron chi connectivity index (χ2n) is 3.87. The first kappa shape index (κ1) is 12.7. The Bertz CT molecular complexity index is 322. The largest absolute Gasteiger partial charge is 0.382 e. The number of rotatable bonds is 5. The van der Waals surface area contributed by atoms with Crippen molar-refractivity contribution in [3.63, 3.8) is 0 Å². The van der Waals surface area contributed by atoms with Gasteiger partial charge in [0.2, 0.25) is 0 Å². The zero-order valence-electron chi connectivity index (χ0n) is 9.42. The summed E-state index contributed by atoms with van der Waals surface area (Å²) >= 11 is 3.42. The Kier molecular flexibility index (Phi) is 4.31. The highest BCUT2D eigenvalue weighted by atomic mass is 79.9. The van der Waals surface area contributed by atoms with Crippen LogP contribution in [-0.2, 0) is 12.1 Å². The van der Waals surface area contributed by atoms with Crippen molar-refractivity contribution < 1.29 is 5.11 Å². The molecule has 0 radical (unpaired) electrons. The van der Waals surface area contributed by atoms with Gasteiger partial charge in [-0.1, -0.05) is 6.92 Å². The van der Waals surface area contributed by atoms with Gasteiger partial charge in [0, 0.05) is 13.1 Å². The van der Waals surface area contributed by atoms with Crippen molar-refractivity contribution in [3.05, 3.63) is 16.4 Å². The third-order valence-corrected chi connectivity index (χ3v) is 2.84. The molecule has 86 valence electrons. The van der Waals surface area contributed by atoms with E-state index in [0.29, 0.717) is 6.54 Å². The van der Waals surface area contributed by atoms with E-state index in [1.807, 2.05) is 11.7 Å². The maximum Gasteiger partial charge on any atom is 0.117 e. The number of halogens is 1. The van der Waals surface area contributed by atoms with Gasteiger partial charge in [-0.05, 0) is 36.3 Å². The molecule has 1 aromatic heterocycles. The van der Waals surface area contributed by atoms with E-state index < -0.39 is 5.60 Å². The third-order valence-electron chi connectivity index (χ3n) is 2.26. The molecular formula is C10H18BrN3O. The predicted molar refractivity (Wildman–Crippen MR) is 63.7 cm³/mol. The van der Waals surface area contributed by atoms with Gasteiger partial charge in [-0.15, -0.1) is 0 Å². The highest BCUT2D eigenvalue weighted by Gasteiger charge is 2.29. The molecule has 15 heavy (non-hydrogen) atoms. The summed E-state index contributed by atoms with van der Waals surface area (Å²) in [6, 6.07) is 0. The molecule has 1 rings (SSSR count). The van der Waals surface area contributed by atoms with Crippen LogP contribution in [0.4, 0.5) is 0 Å². The predicted octanol–water partition coefficient (Wildman–Crippen LogP) is 1.48. The molecule has 1 unspecified atom stereocenters. The number of aromatic nitrogens is 2. The third kappa shape index (κ3) is 2.80. The Morgan fingerprint density at radius 2 is 2.33 bits per heavy atom. The van der Waals surface area contributed by atoms with E-state index in [4.69, 9.17) is 0 Å². The summed E-state index contributed by atoms with van der Waals surface area (Å²) in [6.45, 7) is 5.20. The van der Waals surface area contributed by atoms with Crippen LogP contribution in [0.3, 0.4) is 0 Å². The van der Waals surface area contributed by atoms with E-state index in [9.17, 15) is 5.11 Å². The normalized spacial score (nSPS) is 15.3. The molecule has 0 saturated heterocycles. The highest BCUT2D eigenvalue weighted by Crippen LogP contribution is 2.27. The Hall–Kier alpha value is -0.390. The van der Waals surface area contributed by atoms with Crippen LogP contribution in [0.2, 0.25) is 0 Å². The number of nitrogens with one attached hydrogen (secondary N) is 1. The van der Waals surface area contributed by atoms with E-state index in [-0.39, 0.29) is 0 Å². The van der Waals surface area contributed by atoms with Crippen LogP contribution in [0.25, 0.3) is 0 Å². The molecule has 0 fully saturated rings. The van der Waals surface area contributed by atoms with Crippen LogP contribution in [0.1, 0.15) is 26.0 Å². The van der Waals surface area contributed by atoms with Crippen molar-refractivity contribution in [2.45, 2.75) is 32.4 Å². The van der Waals surface area contributed by atoms with Crippen LogP contribution in [0, 0.1) is 0 Å². The van der Waals surface area contributed by atoms with Crippen molar-refractivity contribution in [1.82, 2.24) is 15.1 Å². The second kappa shape index (κ2) is 5.09. The van der Waals surface area contributed by atoms with Gasteiger partial charge in [0.25, 0.3) is 0 Å². The van der Waals surface area contributed by atoms with Gasteiger partial charge in [0.1, 0.15) is 5.60 Å². The summed E-state index contributed by atoms with van der Waals surface area (Å²) in [7, 11) is 1.82. The van der Waals surface area contributed by atoms with E-state index in [1.54, 1.807) is 13.1 Å². The molecule has 0 aliphatic heterocycles. The van der Waals surface area contributed by atoms with Gasteiger partial charge in [-0.25, -0.2) is 0 Å². The van der Waals surface area contributed by atoms with Crippen molar-refractivity contribution in [2.24, 2.45) is 0 Å². The Morgan fingerprint density at radius 3 is 2.87 bits per heavy atom. The number of likely N-dealkylation sites (N-methyl/N-ethyl adjacent to an activating group) is 1. The summed E-state index contributed by atoms with van der Waals surface area (Å²) in [6.07, 6.45) is 2.73. The second-order valence-corrected chi connectivity index (χ2v) is 4.72. The van der Waals surface area contributed by atoms with E-state index in [0.717, 1.165) is 23.1 Å². The summed E-state index contributed by atoms with van der Waals surface area (Å²) in [4.78, 5) is 0. The zero-order valence-corrected chi connectivity index (χ0v) is 11.0. The van der Waals surface area contributed by atoms with E-state index >= 15 is 0 Å². The molecule has 0 spiro atoms. The minimum atomic E-state index is -0.904. The molecule has 1 heterocycles. The Labute approximate surface area is 98.8 Å². The van der Waals surface area contributed by atoms with Crippen LogP contribution < -0.4 is 5.32 Å². The lowest BCUT2D eigenvalue weighted by Crippen LogP contribution is -2.36. The Balaban J connectivity index is 3.04. The lowest BCUT2D eigenvalue weighted by atomic mass is 10.0. The average molecular weight is 276 g/mol. The molecule has 0 aliphatic carbocycles. The van der Waals surface area contributed by atoms with E-state index in [1.165, 1.54) is 0 Å². The molecule has 2 N–H and O–H groups in total. The van der Waals surface area contributed by atoms with Gasteiger partial charge >= 0.3 is 0 Å². The molecule has 0 aliphatic rings. The smallest absolute Gasteiger partial charge is 0.117 e. The van der Waals surface area contributed by atoms with Crippen LogP contribution in [0.15, 0.2) is 10.7 Å². The number of nitrogens with zero attached hydrogens (tertiary/aromatic N) is 2. The van der Waals surface area contributed by atoms with Crippen molar-refractivity contribution in [1.29, 1.82) is 0 Å². The molecule has 0 amide bonds. The fourth-order valence-corrected chi connectivity index (χ4v) is 2.43. The van der Waals surface area contributed by atoms with Gasteiger partial charge in [0.05, 0.1) is 16.4 Å². The molecular weight excluding hydrogens is 258 g/mol. The quantitative estimate of drug-likeness (QED) is 0.856. The van der Waals surface area contributed by atoms with Crippen LogP contribution in [0.5, 0.6) is 0 Å². The minimum absolute atomic E-state index is 0.501. The van der Waals surface area contributed by atoms with Crippen molar-refractivity contribution in [3.8, 4) is 0 Å². The lowest BCUT2D eigenvalue weighted by Gasteiger charge is -2.24. The molecule has 4 nitrogen and oxygen atoms in total. The number of aliphatic hydroxyl groups is 1. The lowest BCUT2D eigenvalue weighted by molar-refractivity contribution is 0.0486. The summed E-state index contributed by atoms with van der Waals surface area (Å²) < 4.78 is 2.71. The van der Waals surface area contributed by atoms with Gasteiger partial charge < -0.3 is 10.4 Å².